The summed E-state index contributed by atoms with van der Waals surface area (Å²) in [7, 11) is 0. The Bertz CT molecular complexity index is 720. The maximum absolute atomic E-state index is 12.3. The van der Waals surface area contributed by atoms with Gasteiger partial charge in [0.1, 0.15) is 5.78 Å². The first-order valence-electron chi connectivity index (χ1n) is 10.6. The number of aromatic carboxylic acids is 1. The number of ketones is 1. The molecule has 2 rings (SSSR count). The van der Waals surface area contributed by atoms with Gasteiger partial charge < -0.3 is 10.2 Å². The topological polar surface area (TPSA) is 87.5 Å². The summed E-state index contributed by atoms with van der Waals surface area (Å²) >= 11 is 2.81. The van der Waals surface area contributed by atoms with Crippen LogP contribution >= 0.6 is 23.1 Å². The third kappa shape index (κ3) is 8.47. The number of carbonyl (C=O) groups is 2. The average molecular weight is 458 g/mol. The van der Waals surface area contributed by atoms with Gasteiger partial charge in [0.25, 0.3) is 0 Å². The van der Waals surface area contributed by atoms with Crippen molar-refractivity contribution in [3.05, 3.63) is 23.2 Å². The molecule has 30 heavy (non-hydrogen) atoms. The van der Waals surface area contributed by atoms with Crippen LogP contribution in [0, 0.1) is 11.8 Å². The molecule has 0 amide bonds. The lowest BCUT2D eigenvalue weighted by molar-refractivity contribution is -0.121. The Morgan fingerprint density at radius 2 is 2.17 bits per heavy atom. The Morgan fingerprint density at radius 1 is 1.40 bits per heavy atom. The molecule has 0 spiro atoms. The number of carbonyl (C=O) groups excluding carboxylic acids is 1. The van der Waals surface area contributed by atoms with Crippen LogP contribution in [-0.2, 0) is 4.79 Å². The van der Waals surface area contributed by atoms with Crippen LogP contribution in [0.4, 0.5) is 4.39 Å². The molecule has 1 aromatic heterocycles. The third-order valence-corrected chi connectivity index (χ3v) is 7.61. The summed E-state index contributed by atoms with van der Waals surface area (Å²) in [5.74, 6) is 0.173. The number of allylic oxidation sites excluding steroid dienone is 1. The number of hydrogen-bond acceptors (Lipinski definition) is 6. The van der Waals surface area contributed by atoms with E-state index in [2.05, 4.69) is 11.1 Å². The first kappa shape index (κ1) is 25.0. The number of carboxylic acids is 1. The number of hydrogen-bond donors (Lipinski definition) is 2. The summed E-state index contributed by atoms with van der Waals surface area (Å²) in [4.78, 5) is 27.3. The Morgan fingerprint density at radius 3 is 2.87 bits per heavy atom. The standard InChI is InChI=1S/C22H32FNO4S2/c1-22(28,11-4-2-3-5-13-23)12-6-7-16-8-9-19(25)17(16)10-14-29-21-24-18(15-30-21)20(26)27/h6-7,15-17,28H,2-5,8-14H2,1H3,(H,26,27)/t16-,17+,22?/m0/s1. The summed E-state index contributed by atoms with van der Waals surface area (Å²) in [6.07, 6.45) is 10.8. The molecule has 1 aliphatic carbocycles. The van der Waals surface area contributed by atoms with Crippen molar-refractivity contribution in [2.24, 2.45) is 11.8 Å². The van der Waals surface area contributed by atoms with Gasteiger partial charge in [-0.25, -0.2) is 9.78 Å². The van der Waals surface area contributed by atoms with E-state index in [9.17, 15) is 19.1 Å². The van der Waals surface area contributed by atoms with Crippen molar-refractivity contribution in [2.45, 2.75) is 74.7 Å². The highest BCUT2D eigenvalue weighted by molar-refractivity contribution is 8.01. The highest BCUT2D eigenvalue weighted by Crippen LogP contribution is 2.35. The van der Waals surface area contributed by atoms with Crippen LogP contribution in [0.2, 0.25) is 0 Å². The second-order valence-corrected chi connectivity index (χ2v) is 10.4. The maximum atomic E-state index is 12.3. The molecule has 0 bridgehead atoms. The summed E-state index contributed by atoms with van der Waals surface area (Å²) in [5, 5.41) is 21.0. The van der Waals surface area contributed by atoms with E-state index in [1.54, 1.807) is 0 Å². The summed E-state index contributed by atoms with van der Waals surface area (Å²) in [5.41, 5.74) is -0.706. The monoisotopic (exact) mass is 457 g/mol. The minimum Gasteiger partial charge on any atom is -0.476 e. The van der Waals surface area contributed by atoms with E-state index in [-0.39, 0.29) is 30.0 Å². The van der Waals surface area contributed by atoms with E-state index in [1.165, 1.54) is 28.5 Å². The Kier molecular flexibility index (Phi) is 10.5. The fourth-order valence-electron chi connectivity index (χ4n) is 3.79. The van der Waals surface area contributed by atoms with Crippen LogP contribution in [0.5, 0.6) is 0 Å². The van der Waals surface area contributed by atoms with Crippen LogP contribution in [0.25, 0.3) is 0 Å². The number of alkyl halides is 1. The molecule has 1 saturated carbocycles. The lowest BCUT2D eigenvalue weighted by Gasteiger charge is -2.22. The zero-order chi connectivity index (χ0) is 22.0. The molecule has 1 aromatic rings. The molecule has 0 aromatic carbocycles. The first-order chi connectivity index (χ1) is 14.3. The van der Waals surface area contributed by atoms with Crippen molar-refractivity contribution in [3.8, 4) is 0 Å². The number of carboxylic acid groups (broad SMARTS) is 1. The number of nitrogens with zero attached hydrogens (tertiary/aromatic N) is 1. The molecular weight excluding hydrogens is 425 g/mol. The van der Waals surface area contributed by atoms with Gasteiger partial charge in [-0.3, -0.25) is 9.18 Å². The largest absolute Gasteiger partial charge is 0.476 e. The molecule has 8 heteroatoms. The van der Waals surface area contributed by atoms with Gasteiger partial charge in [-0.2, -0.15) is 0 Å². The third-order valence-electron chi connectivity index (χ3n) is 5.55. The Labute approximate surface area is 186 Å². The van der Waals surface area contributed by atoms with E-state index in [1.807, 2.05) is 13.0 Å². The number of halogens is 1. The Balaban J connectivity index is 1.75. The van der Waals surface area contributed by atoms with Crippen molar-refractivity contribution < 1.29 is 24.2 Å². The van der Waals surface area contributed by atoms with Crippen molar-refractivity contribution >= 4 is 34.9 Å². The lowest BCUT2D eigenvalue weighted by atomic mass is 9.90. The van der Waals surface area contributed by atoms with E-state index in [0.717, 1.165) is 37.9 Å². The van der Waals surface area contributed by atoms with Crippen LogP contribution in [-0.4, -0.2) is 45.0 Å². The van der Waals surface area contributed by atoms with Crippen LogP contribution in [0.15, 0.2) is 21.9 Å². The molecule has 1 aliphatic rings. The highest BCUT2D eigenvalue weighted by Gasteiger charge is 2.32. The number of unbranched alkanes of at least 4 members (excludes halogenated alkanes) is 3. The minimum atomic E-state index is -1.02. The fraction of sp³-hybridized carbons (Fsp3) is 0.682. The maximum Gasteiger partial charge on any atom is 0.355 e. The number of Topliss-reactive ketones (excluding diaryl/α,β-unsaturated/α-hetero) is 1. The highest BCUT2D eigenvalue weighted by atomic mass is 32.2. The van der Waals surface area contributed by atoms with E-state index < -0.39 is 11.6 Å². The normalized spacial score (nSPS) is 21.4. The molecule has 0 aliphatic heterocycles. The zero-order valence-corrected chi connectivity index (χ0v) is 19.2. The second kappa shape index (κ2) is 12.6. The Hall–Kier alpha value is -1.25. The number of thiazole rings is 1. The SMILES string of the molecule is CC(O)(CC=C[C@H]1CCC(=O)[C@@H]1CCSc1nc(C(=O)O)cs1)CCCCCCF. The number of aliphatic hydroxyl groups is 1. The molecule has 1 heterocycles. The summed E-state index contributed by atoms with van der Waals surface area (Å²) in [6.45, 7) is 1.56. The van der Waals surface area contributed by atoms with Crippen molar-refractivity contribution in [2.75, 3.05) is 12.4 Å². The lowest BCUT2D eigenvalue weighted by Crippen LogP contribution is -2.23. The first-order valence-corrected chi connectivity index (χ1v) is 12.5. The molecule has 168 valence electrons. The van der Waals surface area contributed by atoms with Gasteiger partial charge in [-0.15, -0.1) is 11.3 Å². The van der Waals surface area contributed by atoms with Crippen molar-refractivity contribution in [3.63, 3.8) is 0 Å². The number of thioether (sulfide) groups is 1. The molecule has 1 fully saturated rings. The van der Waals surface area contributed by atoms with Gasteiger partial charge >= 0.3 is 5.97 Å². The van der Waals surface area contributed by atoms with Gasteiger partial charge in [-0.05, 0) is 44.9 Å². The second-order valence-electron chi connectivity index (χ2n) is 8.20. The predicted octanol–water partition coefficient (Wildman–Crippen LogP) is 5.54. The summed E-state index contributed by atoms with van der Waals surface area (Å²) in [6, 6.07) is 0. The van der Waals surface area contributed by atoms with Gasteiger partial charge in [0.15, 0.2) is 10.0 Å². The van der Waals surface area contributed by atoms with Gasteiger partial charge in [0.05, 0.1) is 12.3 Å². The molecular formula is C22H32FNO4S2. The predicted molar refractivity (Wildman–Crippen MR) is 119 cm³/mol. The molecule has 3 atom stereocenters. The van der Waals surface area contributed by atoms with E-state index in [4.69, 9.17) is 5.11 Å². The van der Waals surface area contributed by atoms with E-state index in [0.29, 0.717) is 30.0 Å². The zero-order valence-electron chi connectivity index (χ0n) is 17.5. The van der Waals surface area contributed by atoms with Crippen LogP contribution < -0.4 is 0 Å². The molecule has 0 saturated heterocycles. The molecule has 1 unspecified atom stereocenters. The number of aromatic nitrogens is 1. The van der Waals surface area contributed by atoms with Crippen LogP contribution in [0.1, 0.15) is 75.2 Å². The quantitative estimate of drug-likeness (QED) is 0.217. The molecule has 2 N–H and O–H groups in total. The summed E-state index contributed by atoms with van der Waals surface area (Å²) < 4.78 is 12.8. The average Bonchev–Trinajstić information content (AvgIpc) is 3.30. The van der Waals surface area contributed by atoms with Crippen molar-refractivity contribution in [1.82, 2.24) is 4.98 Å². The molecule has 5 nitrogen and oxygen atoms in total. The smallest absolute Gasteiger partial charge is 0.355 e. The van der Waals surface area contributed by atoms with E-state index >= 15 is 0 Å². The van der Waals surface area contributed by atoms with Gasteiger partial charge in [0, 0.05) is 23.5 Å². The number of rotatable bonds is 14. The fourth-order valence-corrected chi connectivity index (χ4v) is 5.68. The molecule has 0 radical (unpaired) electrons. The van der Waals surface area contributed by atoms with Crippen molar-refractivity contribution in [1.29, 1.82) is 0 Å². The minimum absolute atomic E-state index is 0.0155. The van der Waals surface area contributed by atoms with Crippen LogP contribution in [0.3, 0.4) is 0 Å². The van der Waals surface area contributed by atoms with Gasteiger partial charge in [0.2, 0.25) is 0 Å². The van der Waals surface area contributed by atoms with Gasteiger partial charge in [-0.1, -0.05) is 43.2 Å².